The van der Waals surface area contributed by atoms with Gasteiger partial charge in [-0.1, -0.05) is 6.92 Å². The summed E-state index contributed by atoms with van der Waals surface area (Å²) in [4.78, 5) is 15.2. The quantitative estimate of drug-likeness (QED) is 0.398. The molecule has 130 valence electrons. The molecule has 3 fully saturated rings. The van der Waals surface area contributed by atoms with E-state index in [1.54, 1.807) is 11.3 Å². The Morgan fingerprint density at radius 1 is 1.35 bits per heavy atom. The number of rotatable bonds is 5. The average Bonchev–Trinajstić information content (AvgIpc) is 3.04. The van der Waals surface area contributed by atoms with E-state index in [0.29, 0.717) is 6.04 Å². The molecule has 0 aromatic carbocycles. The molecule has 1 aromatic heterocycles. The van der Waals surface area contributed by atoms with Gasteiger partial charge in [-0.15, -0.1) is 35.3 Å². The molecule has 4 heterocycles. The predicted molar refractivity (Wildman–Crippen MR) is 107 cm³/mol. The number of aromatic nitrogens is 1. The van der Waals surface area contributed by atoms with Crippen molar-refractivity contribution in [1.82, 2.24) is 25.4 Å². The van der Waals surface area contributed by atoms with Crippen LogP contribution < -0.4 is 10.6 Å². The van der Waals surface area contributed by atoms with Crippen molar-refractivity contribution in [2.24, 2.45) is 4.99 Å². The van der Waals surface area contributed by atoms with Crippen LogP contribution in [0.5, 0.6) is 0 Å². The summed E-state index contributed by atoms with van der Waals surface area (Å²) in [7, 11) is 1.82. The summed E-state index contributed by atoms with van der Waals surface area (Å²) in [6, 6.07) is 0.604. The molecule has 3 saturated heterocycles. The summed E-state index contributed by atoms with van der Waals surface area (Å²) in [5.41, 5.74) is 0. The van der Waals surface area contributed by atoms with E-state index in [0.717, 1.165) is 30.5 Å². The van der Waals surface area contributed by atoms with Gasteiger partial charge in [-0.25, -0.2) is 4.98 Å². The lowest BCUT2D eigenvalue weighted by molar-refractivity contribution is 0.0154. The van der Waals surface area contributed by atoms with Gasteiger partial charge in [-0.2, -0.15) is 0 Å². The van der Waals surface area contributed by atoms with E-state index in [4.69, 9.17) is 0 Å². The number of aryl methyl sites for hydroxylation is 1. The molecule has 2 N–H and O–H groups in total. The third kappa shape index (κ3) is 5.01. The van der Waals surface area contributed by atoms with Crippen LogP contribution in [-0.4, -0.2) is 73.1 Å². The van der Waals surface area contributed by atoms with Gasteiger partial charge in [-0.3, -0.25) is 14.8 Å². The van der Waals surface area contributed by atoms with Crippen LogP contribution in [0.3, 0.4) is 0 Å². The smallest absolute Gasteiger partial charge is 0.191 e. The lowest BCUT2D eigenvalue weighted by Gasteiger charge is -2.47. The molecule has 4 rings (SSSR count). The van der Waals surface area contributed by atoms with Crippen molar-refractivity contribution in [3.05, 3.63) is 16.1 Å². The number of nitrogens with zero attached hydrogens (tertiary/aromatic N) is 4. The Labute approximate surface area is 159 Å². The number of aliphatic imine (C=N–C) groups is 1. The van der Waals surface area contributed by atoms with E-state index in [1.807, 2.05) is 13.2 Å². The first-order valence-corrected chi connectivity index (χ1v) is 8.94. The van der Waals surface area contributed by atoms with Crippen molar-refractivity contribution in [3.63, 3.8) is 0 Å². The van der Waals surface area contributed by atoms with Gasteiger partial charge in [0.15, 0.2) is 5.96 Å². The zero-order valence-electron chi connectivity index (χ0n) is 13.9. The van der Waals surface area contributed by atoms with Crippen molar-refractivity contribution in [3.8, 4) is 0 Å². The SMILES string of the molecule is CCc1cnc(CNC(=NC)NCC2CN3CCN2CC3)s1.I. The second-order valence-corrected chi connectivity index (χ2v) is 7.07. The number of piperazine rings is 3. The minimum absolute atomic E-state index is 0. The van der Waals surface area contributed by atoms with Crippen LogP contribution in [0, 0.1) is 0 Å². The lowest BCUT2D eigenvalue weighted by Crippen LogP contribution is -2.63. The highest BCUT2D eigenvalue weighted by molar-refractivity contribution is 14.0. The molecule has 3 aliphatic heterocycles. The highest BCUT2D eigenvalue weighted by Crippen LogP contribution is 2.15. The molecule has 1 aromatic rings. The molecule has 8 heteroatoms. The second kappa shape index (κ2) is 9.14. The van der Waals surface area contributed by atoms with Crippen LogP contribution in [0.1, 0.15) is 16.8 Å². The second-order valence-electron chi connectivity index (χ2n) is 5.87. The van der Waals surface area contributed by atoms with E-state index in [2.05, 4.69) is 37.3 Å². The minimum atomic E-state index is 0. The standard InChI is InChI=1S/C15H26N6S.HI/c1-3-13-9-17-14(22-13)10-19-15(16-2)18-8-12-11-20-4-6-21(12)7-5-20;/h9,12H,3-8,10-11H2,1-2H3,(H2,16,18,19);1H. The van der Waals surface area contributed by atoms with Crippen molar-refractivity contribution in [2.75, 3.05) is 46.3 Å². The Bertz CT molecular complexity index is 512. The predicted octanol–water partition coefficient (Wildman–Crippen LogP) is 0.988. The Morgan fingerprint density at radius 3 is 2.70 bits per heavy atom. The first kappa shape index (κ1) is 18.9. The van der Waals surface area contributed by atoms with Crippen molar-refractivity contribution >= 4 is 41.3 Å². The van der Waals surface area contributed by atoms with E-state index in [-0.39, 0.29) is 24.0 Å². The van der Waals surface area contributed by atoms with Crippen LogP contribution in [-0.2, 0) is 13.0 Å². The summed E-state index contributed by atoms with van der Waals surface area (Å²) in [5.74, 6) is 0.867. The zero-order chi connectivity index (χ0) is 15.4. The molecule has 23 heavy (non-hydrogen) atoms. The third-order valence-corrected chi connectivity index (χ3v) is 5.62. The fraction of sp³-hybridized carbons (Fsp3) is 0.733. The van der Waals surface area contributed by atoms with Crippen molar-refractivity contribution < 1.29 is 0 Å². The molecule has 2 bridgehead atoms. The van der Waals surface area contributed by atoms with Gasteiger partial charge < -0.3 is 10.6 Å². The van der Waals surface area contributed by atoms with E-state index in [1.165, 1.54) is 37.6 Å². The summed E-state index contributed by atoms with van der Waals surface area (Å²) in [5, 5.41) is 7.94. The van der Waals surface area contributed by atoms with E-state index >= 15 is 0 Å². The fourth-order valence-corrected chi connectivity index (χ4v) is 3.91. The van der Waals surface area contributed by atoms with Gasteiger partial charge in [-0.05, 0) is 6.42 Å². The maximum absolute atomic E-state index is 4.43. The topological polar surface area (TPSA) is 55.8 Å². The largest absolute Gasteiger partial charge is 0.355 e. The highest BCUT2D eigenvalue weighted by Gasteiger charge is 2.31. The summed E-state index contributed by atoms with van der Waals surface area (Å²) in [6.45, 7) is 9.90. The maximum atomic E-state index is 4.43. The molecule has 6 nitrogen and oxygen atoms in total. The molecular formula is C15H27IN6S. The lowest BCUT2D eigenvalue weighted by atomic mass is 10.1. The third-order valence-electron chi connectivity index (χ3n) is 4.48. The minimum Gasteiger partial charge on any atom is -0.355 e. The van der Waals surface area contributed by atoms with Crippen LogP contribution in [0.4, 0.5) is 0 Å². The number of guanidine groups is 1. The number of thiazole rings is 1. The van der Waals surface area contributed by atoms with Gasteiger partial charge in [0.2, 0.25) is 0 Å². The van der Waals surface area contributed by atoms with Crippen LogP contribution in [0.15, 0.2) is 11.2 Å². The van der Waals surface area contributed by atoms with Crippen LogP contribution in [0.2, 0.25) is 0 Å². The van der Waals surface area contributed by atoms with E-state index < -0.39 is 0 Å². The van der Waals surface area contributed by atoms with Gasteiger partial charge in [0, 0.05) is 63.4 Å². The van der Waals surface area contributed by atoms with Crippen LogP contribution >= 0.6 is 35.3 Å². The molecule has 0 spiro atoms. The number of nitrogens with one attached hydrogen (secondary N) is 2. The first-order valence-electron chi connectivity index (χ1n) is 8.13. The van der Waals surface area contributed by atoms with Gasteiger partial charge >= 0.3 is 0 Å². The Hall–Kier alpha value is -0.450. The molecule has 0 saturated carbocycles. The number of hydrogen-bond donors (Lipinski definition) is 2. The van der Waals surface area contributed by atoms with E-state index in [9.17, 15) is 0 Å². The van der Waals surface area contributed by atoms with Gasteiger partial charge in [0.1, 0.15) is 5.01 Å². The molecular weight excluding hydrogens is 423 g/mol. The normalized spacial score (nSPS) is 26.7. The Balaban J connectivity index is 0.00000192. The fourth-order valence-electron chi connectivity index (χ4n) is 3.11. The maximum Gasteiger partial charge on any atom is 0.191 e. The molecule has 0 radical (unpaired) electrons. The van der Waals surface area contributed by atoms with Crippen LogP contribution in [0.25, 0.3) is 0 Å². The molecule has 1 atom stereocenters. The molecule has 3 aliphatic rings. The highest BCUT2D eigenvalue weighted by atomic mass is 127. The zero-order valence-corrected chi connectivity index (χ0v) is 17.1. The Morgan fingerprint density at radius 2 is 2.13 bits per heavy atom. The summed E-state index contributed by atoms with van der Waals surface area (Å²) < 4.78 is 0. The number of hydrogen-bond acceptors (Lipinski definition) is 5. The first-order chi connectivity index (χ1) is 10.8. The molecule has 1 unspecified atom stereocenters. The average molecular weight is 450 g/mol. The van der Waals surface area contributed by atoms with Gasteiger partial charge in [0.05, 0.1) is 6.54 Å². The molecule has 0 amide bonds. The van der Waals surface area contributed by atoms with Crippen molar-refractivity contribution in [1.29, 1.82) is 0 Å². The number of halogens is 1. The molecule has 0 aliphatic carbocycles. The monoisotopic (exact) mass is 450 g/mol. The summed E-state index contributed by atoms with van der Waals surface area (Å²) >= 11 is 1.77. The van der Waals surface area contributed by atoms with Gasteiger partial charge in [0.25, 0.3) is 0 Å². The Kier molecular flexibility index (Phi) is 7.51. The summed E-state index contributed by atoms with van der Waals surface area (Å²) in [6.07, 6.45) is 3.02. The van der Waals surface area contributed by atoms with Crippen molar-refractivity contribution in [2.45, 2.75) is 25.9 Å². The number of fused-ring (bicyclic) bond motifs is 3.